The van der Waals surface area contributed by atoms with E-state index in [1.165, 1.54) is 11.1 Å². The van der Waals surface area contributed by atoms with Gasteiger partial charge in [0.2, 0.25) is 0 Å². The summed E-state index contributed by atoms with van der Waals surface area (Å²) in [6, 6.07) is 14.8. The van der Waals surface area contributed by atoms with E-state index in [1.54, 1.807) is 7.11 Å². The molecule has 0 atom stereocenters. The molecule has 1 N–H and O–H groups in total. The summed E-state index contributed by atoms with van der Waals surface area (Å²) >= 11 is 0. The van der Waals surface area contributed by atoms with Crippen LogP contribution in [0.4, 0.5) is 11.4 Å². The maximum atomic E-state index is 5.48. The standard InChI is InChI=1S/C19H25NO/c1-6-19(3,4)15-9-12-18(21-5)17(13-15)20-16-10-7-14(2)8-11-16/h7-13,20H,6H2,1-5H3. The fraction of sp³-hybridized carbons (Fsp3) is 0.368. The van der Waals surface area contributed by atoms with Crippen LogP contribution in [0.1, 0.15) is 38.3 Å². The third-order valence-corrected chi connectivity index (χ3v) is 4.20. The van der Waals surface area contributed by atoms with Crippen molar-refractivity contribution < 1.29 is 4.74 Å². The van der Waals surface area contributed by atoms with Crippen LogP contribution in [0.5, 0.6) is 5.75 Å². The molecule has 2 aromatic carbocycles. The van der Waals surface area contributed by atoms with Gasteiger partial charge in [-0.05, 0) is 48.6 Å². The first-order valence-electron chi connectivity index (χ1n) is 7.48. The highest BCUT2D eigenvalue weighted by atomic mass is 16.5. The van der Waals surface area contributed by atoms with E-state index in [9.17, 15) is 0 Å². The van der Waals surface area contributed by atoms with Gasteiger partial charge in [-0.3, -0.25) is 0 Å². The minimum atomic E-state index is 0.163. The number of benzene rings is 2. The lowest BCUT2D eigenvalue weighted by Gasteiger charge is -2.25. The molecule has 2 aromatic rings. The van der Waals surface area contributed by atoms with Gasteiger partial charge < -0.3 is 10.1 Å². The molecule has 0 heterocycles. The van der Waals surface area contributed by atoms with Gasteiger partial charge in [0.25, 0.3) is 0 Å². The van der Waals surface area contributed by atoms with E-state index in [1.807, 2.05) is 6.07 Å². The van der Waals surface area contributed by atoms with Crippen molar-refractivity contribution in [3.8, 4) is 5.75 Å². The van der Waals surface area contributed by atoms with Crippen LogP contribution in [0.2, 0.25) is 0 Å². The van der Waals surface area contributed by atoms with Crippen molar-refractivity contribution in [2.75, 3.05) is 12.4 Å². The normalized spacial score (nSPS) is 11.3. The fourth-order valence-electron chi connectivity index (χ4n) is 2.22. The van der Waals surface area contributed by atoms with E-state index in [-0.39, 0.29) is 5.41 Å². The van der Waals surface area contributed by atoms with Gasteiger partial charge in [0, 0.05) is 5.69 Å². The Labute approximate surface area is 128 Å². The van der Waals surface area contributed by atoms with Gasteiger partial charge in [0.15, 0.2) is 0 Å². The highest BCUT2D eigenvalue weighted by molar-refractivity contribution is 5.67. The van der Waals surface area contributed by atoms with Crippen LogP contribution in [-0.2, 0) is 5.41 Å². The van der Waals surface area contributed by atoms with E-state index in [4.69, 9.17) is 4.74 Å². The Morgan fingerprint density at radius 1 is 1.05 bits per heavy atom. The van der Waals surface area contributed by atoms with Crippen LogP contribution in [0.25, 0.3) is 0 Å². The average molecular weight is 283 g/mol. The quantitative estimate of drug-likeness (QED) is 0.789. The Kier molecular flexibility index (Phi) is 4.56. The Hall–Kier alpha value is -1.96. The van der Waals surface area contributed by atoms with Gasteiger partial charge >= 0.3 is 0 Å². The lowest BCUT2D eigenvalue weighted by Crippen LogP contribution is -2.15. The van der Waals surface area contributed by atoms with Crippen molar-refractivity contribution in [1.82, 2.24) is 0 Å². The number of rotatable bonds is 5. The highest BCUT2D eigenvalue weighted by Crippen LogP contribution is 2.34. The van der Waals surface area contributed by atoms with Crippen LogP contribution in [0.15, 0.2) is 42.5 Å². The molecular formula is C19H25NO. The van der Waals surface area contributed by atoms with E-state index >= 15 is 0 Å². The van der Waals surface area contributed by atoms with Crippen molar-refractivity contribution in [2.45, 2.75) is 39.5 Å². The third kappa shape index (κ3) is 3.57. The van der Waals surface area contributed by atoms with E-state index < -0.39 is 0 Å². The van der Waals surface area contributed by atoms with Crippen LogP contribution >= 0.6 is 0 Å². The summed E-state index contributed by atoms with van der Waals surface area (Å²) in [5.41, 5.74) is 4.83. The van der Waals surface area contributed by atoms with Crippen molar-refractivity contribution in [3.63, 3.8) is 0 Å². The Morgan fingerprint density at radius 2 is 1.71 bits per heavy atom. The molecule has 2 heteroatoms. The number of hydrogen-bond acceptors (Lipinski definition) is 2. The Bertz CT molecular complexity index is 599. The molecule has 2 nitrogen and oxygen atoms in total. The molecule has 0 bridgehead atoms. The summed E-state index contributed by atoms with van der Waals surface area (Å²) in [5, 5.41) is 3.46. The molecule has 0 aliphatic carbocycles. The maximum Gasteiger partial charge on any atom is 0.142 e. The average Bonchev–Trinajstić information content (AvgIpc) is 2.49. The minimum absolute atomic E-state index is 0.163. The predicted octanol–water partition coefficient (Wildman–Crippen LogP) is 5.43. The number of aryl methyl sites for hydroxylation is 1. The lowest BCUT2D eigenvalue weighted by molar-refractivity contribution is 0.416. The summed E-state index contributed by atoms with van der Waals surface area (Å²) in [6.07, 6.45) is 1.10. The van der Waals surface area contributed by atoms with Crippen molar-refractivity contribution in [2.24, 2.45) is 0 Å². The molecule has 0 aliphatic rings. The fourth-order valence-corrected chi connectivity index (χ4v) is 2.22. The number of methoxy groups -OCH3 is 1. The lowest BCUT2D eigenvalue weighted by atomic mass is 9.82. The number of hydrogen-bond donors (Lipinski definition) is 1. The third-order valence-electron chi connectivity index (χ3n) is 4.20. The first kappa shape index (κ1) is 15.4. The maximum absolute atomic E-state index is 5.48. The molecule has 112 valence electrons. The van der Waals surface area contributed by atoms with Gasteiger partial charge in [-0.1, -0.05) is 44.5 Å². The van der Waals surface area contributed by atoms with Gasteiger partial charge in [-0.2, -0.15) is 0 Å². The Morgan fingerprint density at radius 3 is 2.29 bits per heavy atom. The van der Waals surface area contributed by atoms with Crippen LogP contribution in [0, 0.1) is 6.92 Å². The van der Waals surface area contributed by atoms with Crippen LogP contribution < -0.4 is 10.1 Å². The summed E-state index contributed by atoms with van der Waals surface area (Å²) in [6.45, 7) is 8.85. The molecule has 0 spiro atoms. The zero-order chi connectivity index (χ0) is 15.5. The topological polar surface area (TPSA) is 21.3 Å². The molecule has 0 radical (unpaired) electrons. The largest absolute Gasteiger partial charge is 0.495 e. The first-order chi connectivity index (χ1) is 9.96. The SMILES string of the molecule is CCC(C)(C)c1ccc(OC)c(Nc2ccc(C)cc2)c1. The predicted molar refractivity (Wildman–Crippen MR) is 90.8 cm³/mol. The molecule has 0 saturated heterocycles. The minimum Gasteiger partial charge on any atom is -0.495 e. The van der Waals surface area contributed by atoms with Gasteiger partial charge in [-0.15, -0.1) is 0 Å². The summed E-state index contributed by atoms with van der Waals surface area (Å²) in [4.78, 5) is 0. The highest BCUT2D eigenvalue weighted by Gasteiger charge is 2.19. The van der Waals surface area contributed by atoms with Gasteiger partial charge in [0.1, 0.15) is 5.75 Å². The number of nitrogens with one attached hydrogen (secondary N) is 1. The van der Waals surface area contributed by atoms with Gasteiger partial charge in [0.05, 0.1) is 12.8 Å². The summed E-state index contributed by atoms with van der Waals surface area (Å²) in [7, 11) is 1.71. The zero-order valence-corrected chi connectivity index (χ0v) is 13.7. The summed E-state index contributed by atoms with van der Waals surface area (Å²) in [5.74, 6) is 0.867. The molecule has 0 saturated carbocycles. The van der Waals surface area contributed by atoms with Crippen LogP contribution in [0.3, 0.4) is 0 Å². The van der Waals surface area contributed by atoms with E-state index in [0.29, 0.717) is 0 Å². The second-order valence-electron chi connectivity index (χ2n) is 6.14. The molecule has 0 amide bonds. The molecule has 0 aliphatic heterocycles. The van der Waals surface area contributed by atoms with Gasteiger partial charge in [-0.25, -0.2) is 0 Å². The van der Waals surface area contributed by atoms with E-state index in [2.05, 4.69) is 69.4 Å². The van der Waals surface area contributed by atoms with Crippen molar-refractivity contribution >= 4 is 11.4 Å². The molecule has 0 unspecified atom stereocenters. The second kappa shape index (κ2) is 6.21. The smallest absolute Gasteiger partial charge is 0.142 e. The Balaban J connectivity index is 2.36. The number of anilines is 2. The second-order valence-corrected chi connectivity index (χ2v) is 6.14. The molecule has 2 rings (SSSR count). The molecule has 0 aromatic heterocycles. The monoisotopic (exact) mass is 283 g/mol. The zero-order valence-electron chi connectivity index (χ0n) is 13.7. The molecule has 21 heavy (non-hydrogen) atoms. The van der Waals surface area contributed by atoms with Crippen LogP contribution in [-0.4, -0.2) is 7.11 Å². The first-order valence-corrected chi connectivity index (χ1v) is 7.48. The van der Waals surface area contributed by atoms with Crippen molar-refractivity contribution in [3.05, 3.63) is 53.6 Å². The number of ether oxygens (including phenoxy) is 1. The van der Waals surface area contributed by atoms with E-state index in [0.717, 1.165) is 23.5 Å². The summed E-state index contributed by atoms with van der Waals surface area (Å²) < 4.78 is 5.48. The molecule has 0 fully saturated rings. The molecular weight excluding hydrogens is 258 g/mol. The van der Waals surface area contributed by atoms with Crippen molar-refractivity contribution in [1.29, 1.82) is 0 Å².